The van der Waals surface area contributed by atoms with Gasteiger partial charge in [-0.25, -0.2) is 14.7 Å². The van der Waals surface area contributed by atoms with Crippen molar-refractivity contribution in [3.05, 3.63) is 76.3 Å². The van der Waals surface area contributed by atoms with Gasteiger partial charge in [0.1, 0.15) is 0 Å². The summed E-state index contributed by atoms with van der Waals surface area (Å²) in [6.45, 7) is 1.95. The summed E-state index contributed by atoms with van der Waals surface area (Å²) in [4.78, 5) is 54.9. The zero-order chi connectivity index (χ0) is 21.3. The zero-order valence-corrected chi connectivity index (χ0v) is 16.6. The molecule has 1 aromatic heterocycles. The molecule has 0 atom stereocenters. The molecule has 0 radical (unpaired) electrons. The molecule has 0 spiro atoms. The summed E-state index contributed by atoms with van der Waals surface area (Å²) < 4.78 is 4.93. The van der Waals surface area contributed by atoms with Crippen molar-refractivity contribution in [2.75, 3.05) is 16.8 Å². The number of carbonyl (C=O) groups is 4. The van der Waals surface area contributed by atoms with E-state index in [1.54, 1.807) is 18.5 Å². The van der Waals surface area contributed by atoms with E-state index in [0.717, 1.165) is 4.90 Å². The molecule has 0 bridgehead atoms. The van der Waals surface area contributed by atoms with Gasteiger partial charge in [0.15, 0.2) is 5.13 Å². The Morgan fingerprint density at radius 1 is 1.03 bits per heavy atom. The Kier molecular flexibility index (Phi) is 5.11. The minimum absolute atomic E-state index is 0.140. The summed E-state index contributed by atoms with van der Waals surface area (Å²) in [5, 5.41) is 4.80. The van der Waals surface area contributed by atoms with Gasteiger partial charge in [0.05, 0.1) is 29.0 Å². The number of aromatic nitrogens is 1. The first-order chi connectivity index (χ1) is 14.5. The number of ether oxygens (including phenoxy) is 1. The van der Waals surface area contributed by atoms with Gasteiger partial charge in [0.2, 0.25) is 0 Å². The van der Waals surface area contributed by atoms with E-state index in [4.69, 9.17) is 4.74 Å². The number of thiazole rings is 1. The molecule has 1 N–H and O–H groups in total. The third-order valence-corrected chi connectivity index (χ3v) is 5.13. The number of anilines is 2. The van der Waals surface area contributed by atoms with Crippen molar-refractivity contribution < 1.29 is 23.9 Å². The maximum absolute atomic E-state index is 12.9. The number of hydrogen-bond donors (Lipinski definition) is 1. The predicted molar refractivity (Wildman–Crippen MR) is 110 cm³/mol. The molecule has 1 aliphatic heterocycles. The second kappa shape index (κ2) is 7.88. The van der Waals surface area contributed by atoms with E-state index in [1.807, 2.05) is 0 Å². The molecular weight excluding hydrogens is 406 g/mol. The van der Waals surface area contributed by atoms with Gasteiger partial charge in [-0.15, -0.1) is 11.3 Å². The van der Waals surface area contributed by atoms with Crippen LogP contribution in [0.3, 0.4) is 0 Å². The van der Waals surface area contributed by atoms with Crippen LogP contribution in [-0.4, -0.2) is 35.3 Å². The minimum atomic E-state index is -0.539. The first-order valence-electron chi connectivity index (χ1n) is 9.00. The number of hydrogen-bond acceptors (Lipinski definition) is 7. The molecule has 0 fully saturated rings. The van der Waals surface area contributed by atoms with Crippen molar-refractivity contribution in [1.82, 2.24) is 4.98 Å². The van der Waals surface area contributed by atoms with Gasteiger partial charge < -0.3 is 4.74 Å². The van der Waals surface area contributed by atoms with Crippen LogP contribution in [0.5, 0.6) is 0 Å². The van der Waals surface area contributed by atoms with E-state index < -0.39 is 23.7 Å². The van der Waals surface area contributed by atoms with Crippen LogP contribution >= 0.6 is 11.3 Å². The normalized spacial score (nSPS) is 12.6. The number of fused-ring (bicyclic) bond motifs is 1. The second-order valence-electron chi connectivity index (χ2n) is 6.26. The molecule has 2 heterocycles. The van der Waals surface area contributed by atoms with Crippen LogP contribution in [0, 0.1) is 0 Å². The van der Waals surface area contributed by atoms with E-state index in [-0.39, 0.29) is 23.3 Å². The van der Waals surface area contributed by atoms with Gasteiger partial charge in [-0.3, -0.25) is 19.7 Å². The fourth-order valence-electron chi connectivity index (χ4n) is 3.03. The molecule has 3 aromatic rings. The fraction of sp³-hybridized carbons (Fsp3) is 0.0952. The molecule has 0 saturated carbocycles. The second-order valence-corrected chi connectivity index (χ2v) is 7.16. The number of rotatable bonds is 5. The van der Waals surface area contributed by atoms with Gasteiger partial charge in [-0.2, -0.15) is 0 Å². The molecule has 0 aliphatic carbocycles. The number of esters is 1. The van der Waals surface area contributed by atoms with Crippen LogP contribution in [0.15, 0.2) is 54.0 Å². The van der Waals surface area contributed by atoms with Crippen molar-refractivity contribution in [2.45, 2.75) is 6.92 Å². The van der Waals surface area contributed by atoms with E-state index in [2.05, 4.69) is 10.3 Å². The van der Waals surface area contributed by atoms with Crippen LogP contribution in [0.4, 0.5) is 10.8 Å². The average molecular weight is 421 g/mol. The van der Waals surface area contributed by atoms with Crippen LogP contribution in [0.2, 0.25) is 0 Å². The van der Waals surface area contributed by atoms with Crippen molar-refractivity contribution in [3.8, 4) is 0 Å². The molecule has 9 heteroatoms. The van der Waals surface area contributed by atoms with Crippen LogP contribution in [-0.2, 0) is 4.74 Å². The summed E-state index contributed by atoms with van der Waals surface area (Å²) in [6, 6.07) is 10.3. The molecule has 2 aromatic carbocycles. The maximum atomic E-state index is 12.9. The standard InChI is InChI=1S/C21H15N3O5S/c1-2-29-20(28)12-3-6-14(7-4-12)24-18(26)15-8-5-13(11-16(15)19(24)27)17(25)23-21-22-9-10-30-21/h3-11H,2H2,1H3,(H,22,23,25). The average Bonchev–Trinajstić information content (AvgIpc) is 3.35. The van der Waals surface area contributed by atoms with Gasteiger partial charge >= 0.3 is 5.97 Å². The lowest BCUT2D eigenvalue weighted by Crippen LogP contribution is -2.29. The molecule has 8 nitrogen and oxygen atoms in total. The zero-order valence-electron chi connectivity index (χ0n) is 15.7. The van der Waals surface area contributed by atoms with Gasteiger partial charge in [-0.1, -0.05) is 0 Å². The van der Waals surface area contributed by atoms with Crippen LogP contribution in [0.25, 0.3) is 0 Å². The number of nitrogens with one attached hydrogen (secondary N) is 1. The Morgan fingerprint density at radius 2 is 1.73 bits per heavy atom. The number of imide groups is 1. The fourth-order valence-corrected chi connectivity index (χ4v) is 3.56. The van der Waals surface area contributed by atoms with E-state index in [0.29, 0.717) is 16.4 Å². The highest BCUT2D eigenvalue weighted by molar-refractivity contribution is 7.13. The molecule has 4 rings (SSSR count). The first kappa shape index (κ1) is 19.5. The molecular formula is C21H15N3O5S. The predicted octanol–water partition coefficient (Wildman–Crippen LogP) is 3.37. The highest BCUT2D eigenvalue weighted by Gasteiger charge is 2.37. The van der Waals surface area contributed by atoms with Crippen molar-refractivity contribution in [3.63, 3.8) is 0 Å². The number of carbonyl (C=O) groups excluding carboxylic acids is 4. The molecule has 1 aliphatic rings. The highest BCUT2D eigenvalue weighted by Crippen LogP contribution is 2.29. The van der Waals surface area contributed by atoms with E-state index in [1.165, 1.54) is 53.8 Å². The number of benzene rings is 2. The monoisotopic (exact) mass is 421 g/mol. The topological polar surface area (TPSA) is 106 Å². The van der Waals surface area contributed by atoms with Gasteiger partial charge in [-0.05, 0) is 49.4 Å². The smallest absolute Gasteiger partial charge is 0.338 e. The Labute approximate surface area is 175 Å². The van der Waals surface area contributed by atoms with Crippen LogP contribution in [0.1, 0.15) is 48.4 Å². The molecule has 3 amide bonds. The Bertz CT molecular complexity index is 1160. The lowest BCUT2D eigenvalue weighted by molar-refractivity contribution is 0.0526. The molecule has 150 valence electrons. The van der Waals surface area contributed by atoms with E-state index in [9.17, 15) is 19.2 Å². The Hall–Kier alpha value is -3.85. The minimum Gasteiger partial charge on any atom is -0.462 e. The summed E-state index contributed by atoms with van der Waals surface area (Å²) in [6.07, 6.45) is 1.57. The SMILES string of the molecule is CCOC(=O)c1ccc(N2C(=O)c3ccc(C(=O)Nc4nccs4)cc3C2=O)cc1. The maximum Gasteiger partial charge on any atom is 0.338 e. The summed E-state index contributed by atoms with van der Waals surface area (Å²) in [5.74, 6) is -1.94. The van der Waals surface area contributed by atoms with Gasteiger partial charge in [0.25, 0.3) is 17.7 Å². The third-order valence-electron chi connectivity index (χ3n) is 4.44. The summed E-state index contributed by atoms with van der Waals surface area (Å²) in [5.41, 5.74) is 1.23. The first-order valence-corrected chi connectivity index (χ1v) is 9.88. The molecule has 0 unspecified atom stereocenters. The third kappa shape index (κ3) is 3.46. The van der Waals surface area contributed by atoms with Crippen molar-refractivity contribution in [2.24, 2.45) is 0 Å². The van der Waals surface area contributed by atoms with E-state index >= 15 is 0 Å². The molecule has 0 saturated heterocycles. The van der Waals surface area contributed by atoms with Crippen molar-refractivity contribution in [1.29, 1.82) is 0 Å². The van der Waals surface area contributed by atoms with Crippen LogP contribution < -0.4 is 10.2 Å². The van der Waals surface area contributed by atoms with Gasteiger partial charge in [0, 0.05) is 17.1 Å². The number of nitrogens with zero attached hydrogens (tertiary/aromatic N) is 2. The Balaban J connectivity index is 1.59. The summed E-state index contributed by atoms with van der Waals surface area (Å²) >= 11 is 1.27. The lowest BCUT2D eigenvalue weighted by Gasteiger charge is -2.14. The highest BCUT2D eigenvalue weighted by atomic mass is 32.1. The summed E-state index contributed by atoms with van der Waals surface area (Å²) in [7, 11) is 0. The Morgan fingerprint density at radius 3 is 2.40 bits per heavy atom. The number of amides is 3. The quantitative estimate of drug-likeness (QED) is 0.500. The van der Waals surface area contributed by atoms with Crippen molar-refractivity contribution >= 4 is 45.8 Å². The lowest BCUT2D eigenvalue weighted by atomic mass is 10.1. The largest absolute Gasteiger partial charge is 0.462 e. The molecule has 30 heavy (non-hydrogen) atoms.